The summed E-state index contributed by atoms with van der Waals surface area (Å²) >= 11 is 0. The third kappa shape index (κ3) is 5.49. The quantitative estimate of drug-likeness (QED) is 0.712. The van der Waals surface area contributed by atoms with Gasteiger partial charge in [0.15, 0.2) is 0 Å². The first kappa shape index (κ1) is 19.7. The van der Waals surface area contributed by atoms with E-state index in [-0.39, 0.29) is 23.7 Å². The standard InChI is InChI=1S/C22H27N3O3/c1-16(4-5-17-6-12-20(26)13-7-17)23-22(28)24-19-10-8-18(9-11-19)21(27)25-14-2-3-15-25/h6-13,16,26H,2-5,14-15H2,1H3,(H2,23,24,28)/t16-/m1/s1. The highest BCUT2D eigenvalue weighted by Crippen LogP contribution is 2.16. The topological polar surface area (TPSA) is 81.7 Å². The SMILES string of the molecule is C[C@H](CCc1ccc(O)cc1)NC(=O)Nc1ccc(C(=O)N2CCCC2)cc1. The molecule has 0 saturated carbocycles. The van der Waals surface area contributed by atoms with Gasteiger partial charge in [0.2, 0.25) is 0 Å². The van der Waals surface area contributed by atoms with E-state index in [4.69, 9.17) is 0 Å². The van der Waals surface area contributed by atoms with Crippen molar-refractivity contribution in [2.45, 2.75) is 38.6 Å². The highest BCUT2D eigenvalue weighted by atomic mass is 16.3. The molecule has 2 aromatic carbocycles. The van der Waals surface area contributed by atoms with Gasteiger partial charge < -0.3 is 20.6 Å². The Bertz CT molecular complexity index is 797. The number of benzene rings is 2. The number of phenols is 1. The Morgan fingerprint density at radius 3 is 2.32 bits per heavy atom. The fourth-order valence-electron chi connectivity index (χ4n) is 3.31. The minimum absolute atomic E-state index is 0.00446. The van der Waals surface area contributed by atoms with E-state index in [1.165, 1.54) is 0 Å². The van der Waals surface area contributed by atoms with Crippen LogP contribution in [-0.2, 0) is 6.42 Å². The van der Waals surface area contributed by atoms with Gasteiger partial charge in [0.1, 0.15) is 5.75 Å². The number of likely N-dealkylation sites (tertiary alicyclic amines) is 1. The molecule has 0 bridgehead atoms. The van der Waals surface area contributed by atoms with Crippen molar-refractivity contribution in [1.82, 2.24) is 10.2 Å². The largest absolute Gasteiger partial charge is 0.508 e. The number of nitrogens with one attached hydrogen (secondary N) is 2. The Kier molecular flexibility index (Phi) is 6.53. The molecule has 148 valence electrons. The number of hydrogen-bond donors (Lipinski definition) is 3. The molecule has 0 radical (unpaired) electrons. The molecule has 1 aliphatic heterocycles. The van der Waals surface area contributed by atoms with Crippen molar-refractivity contribution in [3.8, 4) is 5.75 Å². The highest BCUT2D eigenvalue weighted by molar-refractivity contribution is 5.95. The van der Waals surface area contributed by atoms with E-state index in [1.807, 2.05) is 24.0 Å². The smallest absolute Gasteiger partial charge is 0.319 e. The first-order valence-electron chi connectivity index (χ1n) is 9.76. The van der Waals surface area contributed by atoms with Gasteiger partial charge in [0, 0.05) is 30.4 Å². The van der Waals surface area contributed by atoms with Gasteiger partial charge in [-0.15, -0.1) is 0 Å². The van der Waals surface area contributed by atoms with Crippen LogP contribution in [-0.4, -0.2) is 41.1 Å². The number of rotatable bonds is 6. The fourth-order valence-corrected chi connectivity index (χ4v) is 3.31. The molecule has 6 heteroatoms. The summed E-state index contributed by atoms with van der Waals surface area (Å²) in [5.74, 6) is 0.304. The summed E-state index contributed by atoms with van der Waals surface area (Å²) in [6.45, 7) is 3.60. The Morgan fingerprint density at radius 2 is 1.68 bits per heavy atom. The Morgan fingerprint density at radius 1 is 1.04 bits per heavy atom. The molecule has 1 fully saturated rings. The van der Waals surface area contributed by atoms with Crippen LogP contribution in [0.3, 0.4) is 0 Å². The maximum Gasteiger partial charge on any atom is 0.319 e. The maximum atomic E-state index is 12.3. The number of nitrogens with zero attached hydrogens (tertiary/aromatic N) is 1. The molecule has 0 unspecified atom stereocenters. The van der Waals surface area contributed by atoms with E-state index in [9.17, 15) is 14.7 Å². The summed E-state index contributed by atoms with van der Waals surface area (Å²) in [7, 11) is 0. The van der Waals surface area contributed by atoms with Crippen molar-refractivity contribution < 1.29 is 14.7 Å². The molecule has 0 aliphatic carbocycles. The van der Waals surface area contributed by atoms with Gasteiger partial charge >= 0.3 is 6.03 Å². The molecule has 1 aliphatic rings. The summed E-state index contributed by atoms with van der Waals surface area (Å²) in [6.07, 6.45) is 3.74. The van der Waals surface area contributed by atoms with Gasteiger partial charge in [-0.1, -0.05) is 12.1 Å². The predicted molar refractivity (Wildman–Crippen MR) is 110 cm³/mol. The second-order valence-corrected chi connectivity index (χ2v) is 7.28. The van der Waals surface area contributed by atoms with Crippen LogP contribution in [0.2, 0.25) is 0 Å². The van der Waals surface area contributed by atoms with Crippen molar-refractivity contribution in [3.05, 3.63) is 59.7 Å². The number of hydrogen-bond acceptors (Lipinski definition) is 3. The predicted octanol–water partition coefficient (Wildman–Crippen LogP) is 3.77. The van der Waals surface area contributed by atoms with Gasteiger partial charge in [-0.2, -0.15) is 0 Å². The third-order valence-electron chi connectivity index (χ3n) is 4.96. The van der Waals surface area contributed by atoms with Crippen molar-refractivity contribution in [2.24, 2.45) is 0 Å². The van der Waals surface area contributed by atoms with Crippen LogP contribution < -0.4 is 10.6 Å². The summed E-state index contributed by atoms with van der Waals surface area (Å²) in [4.78, 5) is 26.4. The fraction of sp³-hybridized carbons (Fsp3) is 0.364. The summed E-state index contributed by atoms with van der Waals surface area (Å²) in [6, 6.07) is 13.8. The molecule has 3 rings (SSSR count). The van der Waals surface area contributed by atoms with Crippen molar-refractivity contribution in [3.63, 3.8) is 0 Å². The van der Waals surface area contributed by atoms with E-state index in [2.05, 4.69) is 10.6 Å². The first-order valence-corrected chi connectivity index (χ1v) is 9.76. The van der Waals surface area contributed by atoms with Crippen LogP contribution in [0, 0.1) is 0 Å². The third-order valence-corrected chi connectivity index (χ3v) is 4.96. The van der Waals surface area contributed by atoms with Crippen LogP contribution in [0.1, 0.15) is 42.1 Å². The summed E-state index contributed by atoms with van der Waals surface area (Å²) < 4.78 is 0. The van der Waals surface area contributed by atoms with E-state index in [1.54, 1.807) is 36.4 Å². The van der Waals surface area contributed by atoms with Gasteiger partial charge in [0.05, 0.1) is 0 Å². The lowest BCUT2D eigenvalue weighted by atomic mass is 10.1. The van der Waals surface area contributed by atoms with Crippen LogP contribution in [0.4, 0.5) is 10.5 Å². The zero-order valence-electron chi connectivity index (χ0n) is 16.1. The number of anilines is 1. The van der Waals surface area contributed by atoms with Crippen molar-refractivity contribution in [2.75, 3.05) is 18.4 Å². The Labute approximate surface area is 165 Å². The minimum Gasteiger partial charge on any atom is -0.508 e. The number of carbonyl (C=O) groups excluding carboxylic acids is 2. The molecular formula is C22H27N3O3. The lowest BCUT2D eigenvalue weighted by Crippen LogP contribution is -2.36. The number of phenolic OH excluding ortho intramolecular Hbond substituents is 1. The molecule has 1 saturated heterocycles. The van der Waals surface area contributed by atoms with Crippen molar-refractivity contribution in [1.29, 1.82) is 0 Å². The molecule has 2 aromatic rings. The van der Waals surface area contributed by atoms with Gasteiger partial charge in [-0.25, -0.2) is 4.79 Å². The molecular weight excluding hydrogens is 354 g/mol. The summed E-state index contributed by atoms with van der Waals surface area (Å²) in [5, 5.41) is 15.0. The van der Waals surface area contributed by atoms with Crippen LogP contribution in [0.5, 0.6) is 5.75 Å². The lowest BCUT2D eigenvalue weighted by molar-refractivity contribution is 0.0793. The Hall–Kier alpha value is -3.02. The zero-order valence-corrected chi connectivity index (χ0v) is 16.1. The monoisotopic (exact) mass is 381 g/mol. The second kappa shape index (κ2) is 9.26. The molecule has 1 heterocycles. The highest BCUT2D eigenvalue weighted by Gasteiger charge is 2.19. The lowest BCUT2D eigenvalue weighted by Gasteiger charge is -2.16. The van der Waals surface area contributed by atoms with Gasteiger partial charge in [0.25, 0.3) is 5.91 Å². The number of aromatic hydroxyl groups is 1. The molecule has 3 amide bonds. The van der Waals surface area contributed by atoms with Crippen molar-refractivity contribution >= 4 is 17.6 Å². The zero-order chi connectivity index (χ0) is 19.9. The molecule has 28 heavy (non-hydrogen) atoms. The Balaban J connectivity index is 1.44. The number of amides is 3. The average molecular weight is 381 g/mol. The maximum absolute atomic E-state index is 12.3. The molecule has 1 atom stereocenters. The normalized spacial score (nSPS) is 14.5. The van der Waals surface area contributed by atoms with Gasteiger partial charge in [-0.05, 0) is 74.6 Å². The van der Waals surface area contributed by atoms with Gasteiger partial charge in [-0.3, -0.25) is 4.79 Å². The second-order valence-electron chi connectivity index (χ2n) is 7.28. The first-order chi connectivity index (χ1) is 13.5. The van der Waals surface area contributed by atoms with Crippen LogP contribution >= 0.6 is 0 Å². The van der Waals surface area contributed by atoms with E-state index in [0.717, 1.165) is 44.3 Å². The van der Waals surface area contributed by atoms with E-state index >= 15 is 0 Å². The number of aryl methyl sites for hydroxylation is 1. The average Bonchev–Trinajstić information content (AvgIpc) is 3.22. The van der Waals surface area contributed by atoms with E-state index in [0.29, 0.717) is 11.3 Å². The number of carbonyl (C=O) groups is 2. The molecule has 6 nitrogen and oxygen atoms in total. The van der Waals surface area contributed by atoms with Crippen LogP contribution in [0.25, 0.3) is 0 Å². The number of urea groups is 1. The molecule has 0 spiro atoms. The van der Waals surface area contributed by atoms with E-state index < -0.39 is 0 Å². The molecule has 3 N–H and O–H groups in total. The molecule has 0 aromatic heterocycles. The summed E-state index contributed by atoms with van der Waals surface area (Å²) in [5.41, 5.74) is 2.42. The van der Waals surface area contributed by atoms with Crippen LogP contribution in [0.15, 0.2) is 48.5 Å². The minimum atomic E-state index is -0.267.